The van der Waals surface area contributed by atoms with Crippen molar-refractivity contribution in [2.24, 2.45) is 0 Å². The Hall–Kier alpha value is -4.53. The second-order valence-corrected chi connectivity index (χ2v) is 10.0. The number of halogens is 3. The van der Waals surface area contributed by atoms with Gasteiger partial charge >= 0.3 is 6.18 Å². The Balaban J connectivity index is 1.00. The number of carbonyl (C=O) groups excluding carboxylic acids is 1. The Morgan fingerprint density at radius 1 is 1.10 bits per heavy atom. The van der Waals surface area contributed by atoms with E-state index in [1.165, 1.54) is 26.0 Å². The molecule has 0 bridgehead atoms. The zero-order chi connectivity index (χ0) is 28.6. The molecule has 0 radical (unpaired) electrons. The van der Waals surface area contributed by atoms with Gasteiger partial charge in [-0.2, -0.15) is 23.3 Å². The first-order valence-electron chi connectivity index (χ1n) is 13.1. The summed E-state index contributed by atoms with van der Waals surface area (Å²) in [4.78, 5) is 33.8. The Morgan fingerprint density at radius 2 is 1.90 bits per heavy atom. The average Bonchev–Trinajstić information content (AvgIpc) is 3.56. The molecule has 0 spiro atoms. The summed E-state index contributed by atoms with van der Waals surface area (Å²) in [7, 11) is 0. The lowest BCUT2D eigenvalue weighted by Crippen LogP contribution is -2.46. The van der Waals surface area contributed by atoms with Gasteiger partial charge in [0.25, 0.3) is 5.91 Å². The minimum absolute atomic E-state index is 0.247. The largest absolute Gasteiger partial charge is 0.452 e. The number of hydrogen-bond donors (Lipinski definition) is 3. The second-order valence-electron chi connectivity index (χ2n) is 10.0. The van der Waals surface area contributed by atoms with Gasteiger partial charge in [-0.05, 0) is 31.0 Å². The van der Waals surface area contributed by atoms with Gasteiger partial charge in [-0.3, -0.25) is 19.8 Å². The van der Waals surface area contributed by atoms with Crippen LogP contribution in [0.25, 0.3) is 0 Å². The van der Waals surface area contributed by atoms with Crippen molar-refractivity contribution in [2.75, 3.05) is 41.7 Å². The van der Waals surface area contributed by atoms with Crippen molar-refractivity contribution in [1.82, 2.24) is 35.0 Å². The molecule has 1 amide bonds. The van der Waals surface area contributed by atoms with Crippen LogP contribution in [0.2, 0.25) is 0 Å². The van der Waals surface area contributed by atoms with E-state index in [1.54, 1.807) is 18.3 Å². The van der Waals surface area contributed by atoms with E-state index in [4.69, 9.17) is 0 Å². The maximum Gasteiger partial charge on any atom is 0.452 e. The average molecular weight is 569 g/mol. The summed E-state index contributed by atoms with van der Waals surface area (Å²) >= 11 is 0. The third kappa shape index (κ3) is 6.29. The SMILES string of the molecule is Cc1nc(C(=O)Nc2ccc(CN3CCN(c4nccc(Nc5cc(C6CC6)[nH]n5)n4)CC3)nc2)c(C(F)(F)F)o1. The van der Waals surface area contributed by atoms with E-state index in [1.807, 2.05) is 12.1 Å². The van der Waals surface area contributed by atoms with Crippen LogP contribution in [0.5, 0.6) is 0 Å². The molecular formula is C26H27F3N10O2. The van der Waals surface area contributed by atoms with Gasteiger partial charge in [0, 0.05) is 63.5 Å². The molecule has 1 saturated carbocycles. The van der Waals surface area contributed by atoms with E-state index in [2.05, 4.69) is 55.0 Å². The fourth-order valence-corrected chi connectivity index (χ4v) is 4.60. The molecule has 1 aliphatic heterocycles. The Labute approximate surface area is 232 Å². The van der Waals surface area contributed by atoms with Crippen molar-refractivity contribution < 1.29 is 22.4 Å². The number of aromatic amines is 1. The molecule has 2 fully saturated rings. The molecule has 1 saturated heterocycles. The van der Waals surface area contributed by atoms with E-state index < -0.39 is 23.5 Å². The number of nitrogens with zero attached hydrogens (tertiary/aromatic N) is 7. The summed E-state index contributed by atoms with van der Waals surface area (Å²) in [6.45, 7) is 4.80. The zero-order valence-corrected chi connectivity index (χ0v) is 22.1. The smallest absolute Gasteiger partial charge is 0.436 e. The lowest BCUT2D eigenvalue weighted by atomic mass is 10.2. The third-order valence-corrected chi connectivity index (χ3v) is 6.84. The Kier molecular flexibility index (Phi) is 7.03. The molecule has 6 rings (SSSR count). The van der Waals surface area contributed by atoms with E-state index >= 15 is 0 Å². The van der Waals surface area contributed by atoms with E-state index in [9.17, 15) is 18.0 Å². The fourth-order valence-electron chi connectivity index (χ4n) is 4.60. The van der Waals surface area contributed by atoms with Gasteiger partial charge in [-0.15, -0.1) is 0 Å². The van der Waals surface area contributed by atoms with Crippen molar-refractivity contribution in [1.29, 1.82) is 0 Å². The summed E-state index contributed by atoms with van der Waals surface area (Å²) in [6.07, 6.45) is 0.701. The molecule has 4 aromatic heterocycles. The molecule has 12 nitrogen and oxygen atoms in total. The molecule has 1 aliphatic carbocycles. The standard InChI is InChI=1S/C26H27F3N10O2/c1-15-32-22(23(41-15)26(27,28)29)24(40)33-17-4-5-18(31-13-17)14-38-8-10-39(11-9-38)25-30-7-6-20(35-25)34-21-12-19(36-37-21)16-2-3-16/h4-7,12-13,16H,2-3,8-11,14H2,1H3,(H,33,40)(H2,30,34,35,36,37). The van der Waals surface area contributed by atoms with E-state index in [0.29, 0.717) is 24.2 Å². The number of aryl methyl sites for hydroxylation is 1. The number of H-pyrrole nitrogens is 1. The minimum atomic E-state index is -4.83. The van der Waals surface area contributed by atoms with Gasteiger partial charge in [0.2, 0.25) is 11.7 Å². The van der Waals surface area contributed by atoms with Crippen LogP contribution in [0.4, 0.5) is 36.4 Å². The van der Waals surface area contributed by atoms with Crippen LogP contribution >= 0.6 is 0 Å². The summed E-state index contributed by atoms with van der Waals surface area (Å²) in [5.74, 6) is -0.0488. The highest BCUT2D eigenvalue weighted by Gasteiger charge is 2.41. The van der Waals surface area contributed by atoms with Crippen molar-refractivity contribution in [3.63, 3.8) is 0 Å². The van der Waals surface area contributed by atoms with Crippen molar-refractivity contribution in [2.45, 2.75) is 38.4 Å². The number of rotatable bonds is 8. The third-order valence-electron chi connectivity index (χ3n) is 6.84. The van der Waals surface area contributed by atoms with Crippen LogP contribution in [0.1, 0.15) is 52.3 Å². The number of amides is 1. The van der Waals surface area contributed by atoms with Gasteiger partial charge in [0.1, 0.15) is 5.82 Å². The summed E-state index contributed by atoms with van der Waals surface area (Å²) in [5.41, 5.74) is 1.34. The second kappa shape index (κ2) is 10.8. The lowest BCUT2D eigenvalue weighted by Gasteiger charge is -2.34. The number of pyridine rings is 1. The summed E-state index contributed by atoms with van der Waals surface area (Å²) in [5, 5.41) is 13.0. The van der Waals surface area contributed by atoms with Crippen LogP contribution < -0.4 is 15.5 Å². The molecule has 0 aromatic carbocycles. The number of piperazine rings is 1. The van der Waals surface area contributed by atoms with Crippen molar-refractivity contribution in [3.8, 4) is 0 Å². The molecule has 5 heterocycles. The number of aromatic nitrogens is 6. The summed E-state index contributed by atoms with van der Waals surface area (Å²) in [6, 6.07) is 7.15. The summed E-state index contributed by atoms with van der Waals surface area (Å²) < 4.78 is 44.0. The highest BCUT2D eigenvalue weighted by molar-refractivity contribution is 6.03. The van der Waals surface area contributed by atoms with Crippen LogP contribution in [0, 0.1) is 6.92 Å². The Bertz CT molecular complexity index is 1520. The van der Waals surface area contributed by atoms with Crippen LogP contribution in [0.15, 0.2) is 41.1 Å². The quantitative estimate of drug-likeness (QED) is 0.284. The number of hydrogen-bond acceptors (Lipinski definition) is 10. The van der Waals surface area contributed by atoms with Gasteiger partial charge in [0.05, 0.1) is 17.6 Å². The minimum Gasteiger partial charge on any atom is -0.436 e. The zero-order valence-electron chi connectivity index (χ0n) is 22.1. The fraction of sp³-hybridized carbons (Fsp3) is 0.385. The molecule has 3 N–H and O–H groups in total. The molecule has 2 aliphatic rings. The number of oxazole rings is 1. The number of alkyl halides is 3. The molecule has 15 heteroatoms. The van der Waals surface area contributed by atoms with Gasteiger partial charge in [0.15, 0.2) is 17.4 Å². The monoisotopic (exact) mass is 568 g/mol. The predicted molar refractivity (Wildman–Crippen MR) is 142 cm³/mol. The van der Waals surface area contributed by atoms with Gasteiger partial charge < -0.3 is 20.0 Å². The number of nitrogens with one attached hydrogen (secondary N) is 3. The first-order valence-corrected chi connectivity index (χ1v) is 13.1. The highest BCUT2D eigenvalue weighted by atomic mass is 19.4. The predicted octanol–water partition coefficient (Wildman–Crippen LogP) is 4.11. The topological polar surface area (TPSA) is 141 Å². The first-order chi connectivity index (χ1) is 19.7. The van der Waals surface area contributed by atoms with Crippen LogP contribution in [-0.4, -0.2) is 67.1 Å². The van der Waals surface area contributed by atoms with E-state index in [-0.39, 0.29) is 11.6 Å². The maximum absolute atomic E-state index is 13.1. The molecule has 0 unspecified atom stereocenters. The molecule has 0 atom stereocenters. The number of carbonyl (C=O) groups is 1. The van der Waals surface area contributed by atoms with Crippen molar-refractivity contribution in [3.05, 3.63) is 65.4 Å². The lowest BCUT2D eigenvalue weighted by molar-refractivity contribution is -0.153. The van der Waals surface area contributed by atoms with Crippen molar-refractivity contribution >= 4 is 29.2 Å². The Morgan fingerprint density at radius 3 is 2.61 bits per heavy atom. The van der Waals surface area contributed by atoms with E-state index in [0.717, 1.165) is 43.4 Å². The van der Waals surface area contributed by atoms with Crippen LogP contribution in [-0.2, 0) is 12.7 Å². The maximum atomic E-state index is 13.1. The molecule has 4 aromatic rings. The number of anilines is 4. The van der Waals surface area contributed by atoms with Gasteiger partial charge in [-0.1, -0.05) is 0 Å². The molecule has 214 valence electrons. The normalized spacial score (nSPS) is 16.1. The molecular weight excluding hydrogens is 541 g/mol. The van der Waals surface area contributed by atoms with Gasteiger partial charge in [-0.25, -0.2) is 9.97 Å². The van der Waals surface area contributed by atoms with Crippen LogP contribution in [0.3, 0.4) is 0 Å². The molecule has 41 heavy (non-hydrogen) atoms. The first kappa shape index (κ1) is 26.7. The highest BCUT2D eigenvalue weighted by Crippen LogP contribution is 2.39.